The summed E-state index contributed by atoms with van der Waals surface area (Å²) in [6.07, 6.45) is 9.81. The Labute approximate surface area is 227 Å². The number of hydrogen-bond donors (Lipinski definition) is 1. The molecule has 3 aromatic heterocycles. The van der Waals surface area contributed by atoms with E-state index in [9.17, 15) is 4.79 Å². The van der Waals surface area contributed by atoms with Crippen LogP contribution in [0.1, 0.15) is 68.6 Å². The van der Waals surface area contributed by atoms with Crippen molar-refractivity contribution in [2.75, 3.05) is 31.2 Å². The average Bonchev–Trinajstić information content (AvgIpc) is 3.60. The van der Waals surface area contributed by atoms with Crippen LogP contribution in [0.2, 0.25) is 0 Å². The zero-order valence-electron chi connectivity index (χ0n) is 22.1. The van der Waals surface area contributed by atoms with Gasteiger partial charge < -0.3 is 19.7 Å². The molecule has 1 atom stereocenters. The molecular weight excluding hydrogens is 500 g/mol. The highest BCUT2D eigenvalue weighted by Crippen LogP contribution is 2.43. The standard InChI is InChI=1S/C28H34N6O3S/c1-27(2,3)37-26(35)31-21-5-4-10-34(15-21)22-8-9-23(30-14-22)28(16-36-17-28)25-33-32-24(38-25)20-11-19(12-29-13-20)18-6-7-18/h8-9,11-14,18,21H,4-7,10,15-17H2,1-3H3,(H,31,35)/t21-/m1/s1. The molecule has 1 aliphatic carbocycles. The number of carbonyl (C=O) groups is 1. The molecule has 200 valence electrons. The number of rotatable bonds is 6. The fraction of sp³-hybridized carbons (Fsp3) is 0.536. The van der Waals surface area contributed by atoms with Gasteiger partial charge in [0.15, 0.2) is 0 Å². The van der Waals surface area contributed by atoms with E-state index in [1.807, 2.05) is 39.4 Å². The fourth-order valence-electron chi connectivity index (χ4n) is 5.09. The maximum absolute atomic E-state index is 12.3. The number of alkyl carbamates (subject to hydrolysis) is 1. The van der Waals surface area contributed by atoms with Crippen LogP contribution in [0.4, 0.5) is 10.5 Å². The normalized spacial score (nSPS) is 21.0. The Morgan fingerprint density at radius 1 is 1.16 bits per heavy atom. The second kappa shape index (κ2) is 9.89. The van der Waals surface area contributed by atoms with Crippen LogP contribution in [-0.2, 0) is 14.9 Å². The highest BCUT2D eigenvalue weighted by molar-refractivity contribution is 7.14. The Morgan fingerprint density at radius 2 is 2.00 bits per heavy atom. The molecule has 0 spiro atoms. The minimum absolute atomic E-state index is 0.0392. The van der Waals surface area contributed by atoms with Gasteiger partial charge in [0.1, 0.15) is 21.0 Å². The summed E-state index contributed by atoms with van der Waals surface area (Å²) < 4.78 is 11.1. The largest absolute Gasteiger partial charge is 0.444 e. The van der Waals surface area contributed by atoms with E-state index in [4.69, 9.17) is 14.5 Å². The number of nitrogens with one attached hydrogen (secondary N) is 1. The number of carbonyl (C=O) groups excluding carboxylic acids is 1. The van der Waals surface area contributed by atoms with Gasteiger partial charge in [-0.3, -0.25) is 9.97 Å². The van der Waals surface area contributed by atoms with Gasteiger partial charge in [-0.1, -0.05) is 11.3 Å². The molecule has 1 amide bonds. The van der Waals surface area contributed by atoms with Crippen molar-refractivity contribution in [1.29, 1.82) is 0 Å². The number of piperidine rings is 1. The number of ether oxygens (including phenoxy) is 2. The Morgan fingerprint density at radius 3 is 2.68 bits per heavy atom. The number of anilines is 1. The van der Waals surface area contributed by atoms with E-state index in [2.05, 4.69) is 43.6 Å². The minimum atomic E-state index is -0.509. The van der Waals surface area contributed by atoms with Gasteiger partial charge in [-0.2, -0.15) is 0 Å². The van der Waals surface area contributed by atoms with Gasteiger partial charge in [0, 0.05) is 37.1 Å². The smallest absolute Gasteiger partial charge is 0.407 e. The van der Waals surface area contributed by atoms with Crippen molar-refractivity contribution in [3.63, 3.8) is 0 Å². The first-order valence-electron chi connectivity index (χ1n) is 13.4. The summed E-state index contributed by atoms with van der Waals surface area (Å²) in [6.45, 7) is 8.36. The third-order valence-corrected chi connectivity index (χ3v) is 8.51. The summed E-state index contributed by atoms with van der Waals surface area (Å²) in [6, 6.07) is 6.44. The average molecular weight is 535 g/mol. The summed E-state index contributed by atoms with van der Waals surface area (Å²) >= 11 is 1.60. The third-order valence-electron chi connectivity index (χ3n) is 7.33. The molecule has 6 rings (SSSR count). The van der Waals surface area contributed by atoms with Crippen molar-refractivity contribution < 1.29 is 14.3 Å². The number of amides is 1. The summed E-state index contributed by atoms with van der Waals surface area (Å²) in [5, 5.41) is 13.9. The molecule has 1 saturated carbocycles. The molecule has 1 N–H and O–H groups in total. The van der Waals surface area contributed by atoms with Gasteiger partial charge >= 0.3 is 6.09 Å². The minimum Gasteiger partial charge on any atom is -0.444 e. The van der Waals surface area contributed by atoms with Crippen LogP contribution in [0.25, 0.3) is 10.6 Å². The van der Waals surface area contributed by atoms with Gasteiger partial charge in [-0.25, -0.2) is 4.79 Å². The number of nitrogens with zero attached hydrogens (tertiary/aromatic N) is 5. The van der Waals surface area contributed by atoms with Crippen molar-refractivity contribution in [1.82, 2.24) is 25.5 Å². The predicted octanol–water partition coefficient (Wildman–Crippen LogP) is 4.68. The Bertz CT molecular complexity index is 1300. The molecule has 5 heterocycles. The molecule has 0 unspecified atom stereocenters. The Kier molecular flexibility index (Phi) is 6.55. The second-order valence-electron chi connectivity index (χ2n) is 11.6. The number of hydrogen-bond acceptors (Lipinski definition) is 9. The maximum Gasteiger partial charge on any atom is 0.407 e. The zero-order valence-corrected chi connectivity index (χ0v) is 23.0. The molecule has 3 aromatic rings. The topological polar surface area (TPSA) is 102 Å². The van der Waals surface area contributed by atoms with E-state index in [1.54, 1.807) is 11.3 Å². The van der Waals surface area contributed by atoms with Gasteiger partial charge in [0.25, 0.3) is 0 Å². The lowest BCUT2D eigenvalue weighted by molar-refractivity contribution is -0.0403. The molecule has 2 aliphatic heterocycles. The van der Waals surface area contributed by atoms with E-state index in [1.165, 1.54) is 18.4 Å². The highest BCUT2D eigenvalue weighted by Gasteiger charge is 2.47. The maximum atomic E-state index is 12.3. The summed E-state index contributed by atoms with van der Waals surface area (Å²) in [7, 11) is 0. The van der Waals surface area contributed by atoms with Crippen molar-refractivity contribution >= 4 is 23.1 Å². The predicted molar refractivity (Wildman–Crippen MR) is 146 cm³/mol. The van der Waals surface area contributed by atoms with Gasteiger partial charge in [0.05, 0.1) is 30.8 Å². The van der Waals surface area contributed by atoms with Crippen LogP contribution >= 0.6 is 11.3 Å². The van der Waals surface area contributed by atoms with Gasteiger partial charge in [-0.15, -0.1) is 10.2 Å². The first-order chi connectivity index (χ1) is 18.3. The van der Waals surface area contributed by atoms with E-state index in [0.717, 1.165) is 52.9 Å². The molecule has 0 radical (unpaired) electrons. The van der Waals surface area contributed by atoms with Crippen molar-refractivity contribution in [3.05, 3.63) is 53.1 Å². The van der Waals surface area contributed by atoms with E-state index in [0.29, 0.717) is 19.1 Å². The second-order valence-corrected chi connectivity index (χ2v) is 12.6. The quantitative estimate of drug-likeness (QED) is 0.486. The lowest BCUT2D eigenvalue weighted by atomic mass is 9.82. The lowest BCUT2D eigenvalue weighted by Crippen LogP contribution is -2.49. The highest BCUT2D eigenvalue weighted by atomic mass is 32.1. The molecule has 10 heteroatoms. The molecule has 9 nitrogen and oxygen atoms in total. The fourth-order valence-corrected chi connectivity index (χ4v) is 6.09. The lowest BCUT2D eigenvalue weighted by Gasteiger charge is -2.39. The molecular formula is C28H34N6O3S. The molecule has 3 aliphatic rings. The number of aromatic nitrogens is 4. The van der Waals surface area contributed by atoms with Gasteiger partial charge in [0.2, 0.25) is 0 Å². The first kappa shape index (κ1) is 25.2. The first-order valence-corrected chi connectivity index (χ1v) is 14.2. The van der Waals surface area contributed by atoms with Crippen molar-refractivity contribution in [3.8, 4) is 10.6 Å². The van der Waals surface area contributed by atoms with Crippen LogP contribution < -0.4 is 10.2 Å². The van der Waals surface area contributed by atoms with Crippen LogP contribution in [0, 0.1) is 0 Å². The van der Waals surface area contributed by atoms with E-state index in [-0.39, 0.29) is 17.6 Å². The van der Waals surface area contributed by atoms with Gasteiger partial charge in [-0.05, 0) is 76.1 Å². The Balaban J connectivity index is 1.15. The third kappa shape index (κ3) is 5.24. The van der Waals surface area contributed by atoms with E-state index < -0.39 is 5.60 Å². The van der Waals surface area contributed by atoms with Crippen LogP contribution in [0.3, 0.4) is 0 Å². The molecule has 0 bridgehead atoms. The molecule has 38 heavy (non-hydrogen) atoms. The molecule has 3 fully saturated rings. The van der Waals surface area contributed by atoms with E-state index >= 15 is 0 Å². The van der Waals surface area contributed by atoms with Crippen molar-refractivity contribution in [2.45, 2.75) is 69.4 Å². The van der Waals surface area contributed by atoms with Crippen LogP contribution in [0.5, 0.6) is 0 Å². The van der Waals surface area contributed by atoms with Crippen LogP contribution in [-0.4, -0.2) is 64.2 Å². The molecule has 2 saturated heterocycles. The number of pyridine rings is 2. The summed E-state index contributed by atoms with van der Waals surface area (Å²) in [4.78, 5) is 23.8. The van der Waals surface area contributed by atoms with Crippen LogP contribution in [0.15, 0.2) is 36.8 Å². The summed E-state index contributed by atoms with van der Waals surface area (Å²) in [5.74, 6) is 0.646. The monoisotopic (exact) mass is 534 g/mol. The zero-order chi connectivity index (χ0) is 26.3. The molecule has 0 aromatic carbocycles. The SMILES string of the molecule is CC(C)(C)OC(=O)N[C@@H]1CCCN(c2ccc(C3(c4nnc(-c5cncc(C6CC6)c5)s4)COC3)nc2)C1. The summed E-state index contributed by atoms with van der Waals surface area (Å²) in [5.41, 5.74) is 3.42. The Hall–Kier alpha value is -3.11. The van der Waals surface area contributed by atoms with Crippen molar-refractivity contribution in [2.24, 2.45) is 0 Å².